The average molecular weight is 206 g/mol. The first-order valence-electron chi connectivity index (χ1n) is 4.95. The molecular weight excluding hydrogens is 191 g/mol. The third-order valence-electron chi connectivity index (χ3n) is 2.11. The molecule has 0 aliphatic rings. The maximum atomic E-state index is 12.6. The van der Waals surface area contributed by atoms with E-state index < -0.39 is 0 Å². The fourth-order valence-corrected chi connectivity index (χ4v) is 1.29. The Labute approximate surface area is 89.6 Å². The van der Waals surface area contributed by atoms with Crippen molar-refractivity contribution in [3.05, 3.63) is 53.9 Å². The van der Waals surface area contributed by atoms with Crippen molar-refractivity contribution in [2.75, 3.05) is 6.61 Å². The van der Waals surface area contributed by atoms with Crippen molar-refractivity contribution in [2.45, 2.75) is 12.8 Å². The van der Waals surface area contributed by atoms with Crippen molar-refractivity contribution in [2.24, 2.45) is 0 Å². The van der Waals surface area contributed by atoms with Crippen LogP contribution in [-0.2, 0) is 0 Å². The molecule has 1 nitrogen and oxygen atoms in total. The van der Waals surface area contributed by atoms with Gasteiger partial charge in [0, 0.05) is 6.61 Å². The summed E-state index contributed by atoms with van der Waals surface area (Å²) in [6, 6.07) is 6.30. The molecule has 0 aliphatic carbocycles. The highest BCUT2D eigenvalue weighted by atomic mass is 19.1. The summed E-state index contributed by atoms with van der Waals surface area (Å²) in [5.41, 5.74) is 2.00. The summed E-state index contributed by atoms with van der Waals surface area (Å²) in [5.74, 6) is -0.234. The molecule has 0 saturated carbocycles. The van der Waals surface area contributed by atoms with E-state index in [0.29, 0.717) is 0 Å². The molecule has 0 heterocycles. The standard InChI is InChI=1S/C13H15FO/c1-2-11(4-3-9-15)10-12-5-7-13(14)8-6-12/h2,5-8,10,15H,1,3-4,9H2/b11-10-. The van der Waals surface area contributed by atoms with Gasteiger partial charge >= 0.3 is 0 Å². The predicted octanol–water partition coefficient (Wildman–Crippen LogP) is 3.17. The lowest BCUT2D eigenvalue weighted by molar-refractivity contribution is 0.289. The van der Waals surface area contributed by atoms with E-state index in [1.807, 2.05) is 6.08 Å². The number of allylic oxidation sites excluding steroid dienone is 2. The Morgan fingerprint density at radius 1 is 1.33 bits per heavy atom. The molecule has 0 amide bonds. The van der Waals surface area contributed by atoms with Crippen molar-refractivity contribution >= 4 is 6.08 Å². The molecule has 1 aromatic rings. The Hall–Kier alpha value is -1.41. The van der Waals surface area contributed by atoms with Crippen molar-refractivity contribution in [3.63, 3.8) is 0 Å². The number of rotatable bonds is 5. The summed E-state index contributed by atoms with van der Waals surface area (Å²) in [5, 5.41) is 8.70. The maximum Gasteiger partial charge on any atom is 0.123 e. The molecule has 0 saturated heterocycles. The minimum Gasteiger partial charge on any atom is -0.396 e. The third-order valence-corrected chi connectivity index (χ3v) is 2.11. The Kier molecular flexibility index (Phi) is 4.78. The molecule has 2 heteroatoms. The molecule has 0 aromatic heterocycles. The SMILES string of the molecule is C=C/C(=C/c1ccc(F)cc1)CCCO. The number of aliphatic hydroxyl groups is 1. The normalized spacial score (nSPS) is 11.5. The first-order valence-corrected chi connectivity index (χ1v) is 4.95. The Morgan fingerprint density at radius 2 is 2.00 bits per heavy atom. The topological polar surface area (TPSA) is 20.2 Å². The van der Waals surface area contributed by atoms with Crippen LogP contribution in [0.4, 0.5) is 4.39 Å². The molecule has 0 unspecified atom stereocenters. The van der Waals surface area contributed by atoms with E-state index in [2.05, 4.69) is 6.58 Å². The zero-order valence-electron chi connectivity index (χ0n) is 8.62. The second kappa shape index (κ2) is 6.14. The van der Waals surface area contributed by atoms with Crippen LogP contribution in [0.5, 0.6) is 0 Å². The van der Waals surface area contributed by atoms with Crippen molar-refractivity contribution in [1.82, 2.24) is 0 Å². The van der Waals surface area contributed by atoms with Crippen LogP contribution in [0.1, 0.15) is 18.4 Å². The molecular formula is C13H15FO. The van der Waals surface area contributed by atoms with Gasteiger partial charge in [-0.15, -0.1) is 0 Å². The number of halogens is 1. The fourth-order valence-electron chi connectivity index (χ4n) is 1.29. The van der Waals surface area contributed by atoms with Gasteiger partial charge in [0.05, 0.1) is 0 Å². The second-order valence-corrected chi connectivity index (χ2v) is 3.30. The lowest BCUT2D eigenvalue weighted by Gasteiger charge is -2.00. The van der Waals surface area contributed by atoms with Crippen molar-refractivity contribution in [3.8, 4) is 0 Å². The minimum atomic E-state index is -0.234. The van der Waals surface area contributed by atoms with Gasteiger partial charge in [0.15, 0.2) is 0 Å². The van der Waals surface area contributed by atoms with Gasteiger partial charge in [-0.05, 0) is 36.1 Å². The van der Waals surface area contributed by atoms with E-state index in [9.17, 15) is 4.39 Å². The third kappa shape index (κ3) is 4.09. The molecule has 15 heavy (non-hydrogen) atoms. The van der Waals surface area contributed by atoms with Crippen LogP contribution in [-0.4, -0.2) is 11.7 Å². The van der Waals surface area contributed by atoms with Gasteiger partial charge in [0.2, 0.25) is 0 Å². The van der Waals surface area contributed by atoms with E-state index in [-0.39, 0.29) is 12.4 Å². The average Bonchev–Trinajstić information content (AvgIpc) is 2.27. The number of hydrogen-bond acceptors (Lipinski definition) is 1. The predicted molar refractivity (Wildman–Crippen MR) is 60.9 cm³/mol. The summed E-state index contributed by atoms with van der Waals surface area (Å²) in [4.78, 5) is 0. The summed E-state index contributed by atoms with van der Waals surface area (Å²) < 4.78 is 12.6. The van der Waals surface area contributed by atoms with Crippen LogP contribution in [0.25, 0.3) is 6.08 Å². The smallest absolute Gasteiger partial charge is 0.123 e. The van der Waals surface area contributed by atoms with E-state index in [0.717, 1.165) is 24.0 Å². The Balaban J connectivity index is 2.74. The molecule has 1 aromatic carbocycles. The zero-order chi connectivity index (χ0) is 11.1. The van der Waals surface area contributed by atoms with E-state index in [1.165, 1.54) is 12.1 Å². The van der Waals surface area contributed by atoms with E-state index >= 15 is 0 Å². The van der Waals surface area contributed by atoms with Crippen LogP contribution >= 0.6 is 0 Å². The summed E-state index contributed by atoms with van der Waals surface area (Å²) in [6.07, 6.45) is 5.22. The number of aliphatic hydroxyl groups excluding tert-OH is 1. The first kappa shape index (κ1) is 11.7. The highest BCUT2D eigenvalue weighted by Crippen LogP contribution is 2.13. The summed E-state index contributed by atoms with van der Waals surface area (Å²) in [7, 11) is 0. The van der Waals surface area contributed by atoms with Crippen LogP contribution in [0.15, 0.2) is 42.5 Å². The lowest BCUT2D eigenvalue weighted by Crippen LogP contribution is -1.85. The van der Waals surface area contributed by atoms with Crippen molar-refractivity contribution < 1.29 is 9.50 Å². The molecule has 1 N–H and O–H groups in total. The van der Waals surface area contributed by atoms with Gasteiger partial charge < -0.3 is 5.11 Å². The summed E-state index contributed by atoms with van der Waals surface area (Å²) >= 11 is 0. The quantitative estimate of drug-likeness (QED) is 0.734. The van der Waals surface area contributed by atoms with Gasteiger partial charge in [0.25, 0.3) is 0 Å². The van der Waals surface area contributed by atoms with E-state index in [4.69, 9.17) is 5.11 Å². The number of hydrogen-bond donors (Lipinski definition) is 1. The van der Waals surface area contributed by atoms with Crippen molar-refractivity contribution in [1.29, 1.82) is 0 Å². The van der Waals surface area contributed by atoms with E-state index in [1.54, 1.807) is 18.2 Å². The first-order chi connectivity index (χ1) is 7.26. The highest BCUT2D eigenvalue weighted by Gasteiger charge is 1.94. The molecule has 0 bridgehead atoms. The Morgan fingerprint density at radius 3 is 2.53 bits per heavy atom. The monoisotopic (exact) mass is 206 g/mol. The largest absolute Gasteiger partial charge is 0.396 e. The van der Waals surface area contributed by atoms with Gasteiger partial charge in [-0.2, -0.15) is 0 Å². The van der Waals surface area contributed by atoms with Crippen LogP contribution in [0, 0.1) is 5.82 Å². The molecule has 0 fully saturated rings. The van der Waals surface area contributed by atoms with Gasteiger partial charge in [-0.25, -0.2) is 4.39 Å². The molecule has 0 atom stereocenters. The molecule has 80 valence electrons. The van der Waals surface area contributed by atoms with Gasteiger partial charge in [-0.1, -0.05) is 30.9 Å². The second-order valence-electron chi connectivity index (χ2n) is 3.30. The molecule has 0 radical (unpaired) electrons. The molecule has 1 rings (SSSR count). The fraction of sp³-hybridized carbons (Fsp3) is 0.231. The minimum absolute atomic E-state index is 0.175. The van der Waals surface area contributed by atoms with Crippen LogP contribution in [0.2, 0.25) is 0 Å². The number of benzene rings is 1. The van der Waals surface area contributed by atoms with Gasteiger partial charge in [-0.3, -0.25) is 0 Å². The molecule has 0 spiro atoms. The van der Waals surface area contributed by atoms with Crippen LogP contribution in [0.3, 0.4) is 0 Å². The zero-order valence-corrected chi connectivity index (χ0v) is 8.62. The Bertz CT molecular complexity index is 338. The molecule has 0 aliphatic heterocycles. The summed E-state index contributed by atoms with van der Waals surface area (Å²) in [6.45, 7) is 3.88. The maximum absolute atomic E-state index is 12.6. The van der Waals surface area contributed by atoms with Crippen LogP contribution < -0.4 is 0 Å². The van der Waals surface area contributed by atoms with Gasteiger partial charge in [0.1, 0.15) is 5.82 Å². The lowest BCUT2D eigenvalue weighted by atomic mass is 10.1. The highest BCUT2D eigenvalue weighted by molar-refractivity contribution is 5.55.